The lowest BCUT2D eigenvalue weighted by atomic mass is 10.1. The summed E-state index contributed by atoms with van der Waals surface area (Å²) in [6.45, 7) is 6.08. The second-order valence-electron chi connectivity index (χ2n) is 6.22. The number of carbonyl (C=O) groups is 1. The highest BCUT2D eigenvalue weighted by Gasteiger charge is 2.25. The molecule has 0 aromatic carbocycles. The Kier molecular flexibility index (Phi) is 4.71. The predicted octanol–water partition coefficient (Wildman–Crippen LogP) is 2.75. The minimum absolute atomic E-state index is 0.0680. The van der Waals surface area contributed by atoms with Gasteiger partial charge in [-0.15, -0.1) is 11.3 Å². The molecule has 1 atom stereocenters. The Morgan fingerprint density at radius 3 is 3.04 bits per heavy atom. The Balaban J connectivity index is 1.59. The van der Waals surface area contributed by atoms with Gasteiger partial charge in [-0.2, -0.15) is 5.10 Å². The maximum Gasteiger partial charge on any atom is 0.261 e. The summed E-state index contributed by atoms with van der Waals surface area (Å²) in [4.78, 5) is 16.9. The van der Waals surface area contributed by atoms with Crippen LogP contribution in [0.1, 0.15) is 39.9 Å². The van der Waals surface area contributed by atoms with Gasteiger partial charge in [-0.1, -0.05) is 13.3 Å². The van der Waals surface area contributed by atoms with E-state index < -0.39 is 0 Å². The number of anilines is 1. The summed E-state index contributed by atoms with van der Waals surface area (Å²) in [5.74, 6) is 0.0680. The summed E-state index contributed by atoms with van der Waals surface area (Å²) < 4.78 is 1.81. The van der Waals surface area contributed by atoms with Crippen LogP contribution in [0.3, 0.4) is 0 Å². The van der Waals surface area contributed by atoms with E-state index in [1.165, 1.54) is 10.4 Å². The highest BCUT2D eigenvalue weighted by molar-refractivity contribution is 7.14. The summed E-state index contributed by atoms with van der Waals surface area (Å²) in [5.41, 5.74) is 2.44. The molecule has 5 nitrogen and oxygen atoms in total. The molecule has 0 aliphatic carbocycles. The Labute approximate surface area is 141 Å². The first kappa shape index (κ1) is 16.1. The normalized spacial score (nSPS) is 17.7. The molecule has 124 valence electrons. The van der Waals surface area contributed by atoms with E-state index in [1.54, 1.807) is 11.3 Å². The minimum Gasteiger partial charge on any atom is -0.367 e. The number of hydrogen-bond donors (Lipinski definition) is 1. The molecule has 2 aromatic heterocycles. The monoisotopic (exact) mass is 332 g/mol. The van der Waals surface area contributed by atoms with Crippen LogP contribution in [0.5, 0.6) is 0 Å². The van der Waals surface area contributed by atoms with Crippen LogP contribution in [-0.4, -0.2) is 34.8 Å². The van der Waals surface area contributed by atoms with Gasteiger partial charge in [0.05, 0.1) is 16.8 Å². The molecule has 0 unspecified atom stereocenters. The van der Waals surface area contributed by atoms with Gasteiger partial charge in [0.15, 0.2) is 0 Å². The van der Waals surface area contributed by atoms with E-state index in [9.17, 15) is 4.79 Å². The number of nitrogens with one attached hydrogen (secondary N) is 1. The zero-order valence-corrected chi connectivity index (χ0v) is 14.8. The molecule has 0 saturated carbocycles. The van der Waals surface area contributed by atoms with Crippen molar-refractivity contribution in [2.75, 3.05) is 18.0 Å². The summed E-state index contributed by atoms with van der Waals surface area (Å²) in [6.07, 6.45) is 7.04. The van der Waals surface area contributed by atoms with Crippen LogP contribution < -0.4 is 10.2 Å². The van der Waals surface area contributed by atoms with E-state index in [2.05, 4.69) is 35.2 Å². The Morgan fingerprint density at radius 1 is 1.52 bits per heavy atom. The third-order valence-electron chi connectivity index (χ3n) is 4.34. The molecular weight excluding hydrogens is 308 g/mol. The van der Waals surface area contributed by atoms with Crippen molar-refractivity contribution in [2.45, 2.75) is 39.2 Å². The fourth-order valence-electron chi connectivity index (χ4n) is 3.09. The zero-order chi connectivity index (χ0) is 16.4. The van der Waals surface area contributed by atoms with Crippen molar-refractivity contribution < 1.29 is 4.79 Å². The van der Waals surface area contributed by atoms with Gasteiger partial charge in [-0.3, -0.25) is 9.48 Å². The molecule has 1 aliphatic heterocycles. The van der Waals surface area contributed by atoms with Crippen molar-refractivity contribution in [1.82, 2.24) is 15.1 Å². The van der Waals surface area contributed by atoms with E-state index in [0.29, 0.717) is 0 Å². The van der Waals surface area contributed by atoms with Crippen molar-refractivity contribution >= 4 is 22.9 Å². The van der Waals surface area contributed by atoms with Gasteiger partial charge in [0, 0.05) is 37.3 Å². The number of aromatic nitrogens is 2. The van der Waals surface area contributed by atoms with Crippen LogP contribution >= 0.6 is 11.3 Å². The highest BCUT2D eigenvalue weighted by Crippen LogP contribution is 2.24. The molecule has 1 fully saturated rings. The predicted molar refractivity (Wildman–Crippen MR) is 94.3 cm³/mol. The first-order chi connectivity index (χ1) is 11.1. The molecule has 0 radical (unpaired) electrons. The van der Waals surface area contributed by atoms with Crippen LogP contribution in [0.15, 0.2) is 18.5 Å². The number of aryl methyl sites for hydroxylation is 3. The van der Waals surface area contributed by atoms with Crippen molar-refractivity contribution in [1.29, 1.82) is 0 Å². The van der Waals surface area contributed by atoms with Crippen LogP contribution in [0.2, 0.25) is 0 Å². The quantitative estimate of drug-likeness (QED) is 0.916. The van der Waals surface area contributed by atoms with Crippen LogP contribution in [-0.2, 0) is 13.5 Å². The molecule has 0 bridgehead atoms. The van der Waals surface area contributed by atoms with Crippen molar-refractivity contribution in [3.63, 3.8) is 0 Å². The highest BCUT2D eigenvalue weighted by atomic mass is 32.1. The summed E-state index contributed by atoms with van der Waals surface area (Å²) >= 11 is 1.61. The van der Waals surface area contributed by atoms with Gasteiger partial charge in [0.2, 0.25) is 0 Å². The molecule has 23 heavy (non-hydrogen) atoms. The molecule has 1 saturated heterocycles. The number of amides is 1. The number of nitrogens with zero attached hydrogens (tertiary/aromatic N) is 3. The number of carbonyl (C=O) groups excluding carboxylic acids is 1. The summed E-state index contributed by atoms with van der Waals surface area (Å²) in [5, 5.41) is 7.40. The topological polar surface area (TPSA) is 50.2 Å². The molecular formula is C17H24N4OS. The standard InChI is InChI=1S/C17H24N4OS/c1-4-5-13-8-16(23-12(13)2)17(22)19-14-6-7-21(10-14)15-9-18-20(3)11-15/h8-9,11,14H,4-7,10H2,1-3H3,(H,19,22)/t14-/m1/s1. The van der Waals surface area contributed by atoms with Crippen LogP contribution in [0.25, 0.3) is 0 Å². The number of rotatable bonds is 5. The number of hydrogen-bond acceptors (Lipinski definition) is 4. The van der Waals surface area contributed by atoms with E-state index in [1.807, 2.05) is 24.1 Å². The first-order valence-electron chi connectivity index (χ1n) is 8.20. The average molecular weight is 332 g/mol. The van der Waals surface area contributed by atoms with Gasteiger partial charge >= 0.3 is 0 Å². The lowest BCUT2D eigenvalue weighted by molar-refractivity contribution is 0.0944. The average Bonchev–Trinajstić information content (AvgIpc) is 3.21. The third kappa shape index (κ3) is 3.58. The fraction of sp³-hybridized carbons (Fsp3) is 0.529. The molecule has 3 heterocycles. The second kappa shape index (κ2) is 6.74. The maximum absolute atomic E-state index is 12.5. The van der Waals surface area contributed by atoms with Crippen molar-refractivity contribution in [3.05, 3.63) is 33.8 Å². The third-order valence-corrected chi connectivity index (χ3v) is 5.44. The van der Waals surface area contributed by atoms with Crippen LogP contribution in [0.4, 0.5) is 5.69 Å². The van der Waals surface area contributed by atoms with E-state index in [4.69, 9.17) is 0 Å². The molecule has 2 aromatic rings. The molecule has 0 spiro atoms. The first-order valence-corrected chi connectivity index (χ1v) is 9.02. The van der Waals surface area contributed by atoms with E-state index in [0.717, 1.165) is 42.9 Å². The van der Waals surface area contributed by atoms with E-state index >= 15 is 0 Å². The lowest BCUT2D eigenvalue weighted by Gasteiger charge is -2.16. The Morgan fingerprint density at radius 2 is 2.35 bits per heavy atom. The number of thiophene rings is 1. The van der Waals surface area contributed by atoms with Crippen LogP contribution in [0, 0.1) is 6.92 Å². The maximum atomic E-state index is 12.5. The minimum atomic E-state index is 0.0680. The zero-order valence-electron chi connectivity index (χ0n) is 14.0. The molecule has 3 rings (SSSR count). The Hall–Kier alpha value is -1.82. The lowest BCUT2D eigenvalue weighted by Crippen LogP contribution is -2.36. The Bertz CT molecular complexity index is 691. The van der Waals surface area contributed by atoms with Gasteiger partial charge < -0.3 is 10.2 Å². The summed E-state index contributed by atoms with van der Waals surface area (Å²) in [6, 6.07) is 2.27. The molecule has 1 N–H and O–H groups in total. The van der Waals surface area contributed by atoms with Gasteiger partial charge in [0.1, 0.15) is 0 Å². The molecule has 1 aliphatic rings. The molecule has 6 heteroatoms. The van der Waals surface area contributed by atoms with E-state index in [-0.39, 0.29) is 11.9 Å². The SMILES string of the molecule is CCCc1cc(C(=O)N[C@@H]2CCN(c3cnn(C)c3)C2)sc1C. The second-order valence-corrected chi connectivity index (χ2v) is 7.48. The fourth-order valence-corrected chi connectivity index (χ4v) is 4.06. The van der Waals surface area contributed by atoms with Crippen molar-refractivity contribution in [2.24, 2.45) is 7.05 Å². The van der Waals surface area contributed by atoms with Gasteiger partial charge in [0.25, 0.3) is 5.91 Å². The summed E-state index contributed by atoms with van der Waals surface area (Å²) in [7, 11) is 1.92. The molecule has 1 amide bonds. The smallest absolute Gasteiger partial charge is 0.261 e. The van der Waals surface area contributed by atoms with Crippen molar-refractivity contribution in [3.8, 4) is 0 Å². The largest absolute Gasteiger partial charge is 0.367 e. The van der Waals surface area contributed by atoms with Gasteiger partial charge in [-0.05, 0) is 31.4 Å². The van der Waals surface area contributed by atoms with Gasteiger partial charge in [-0.25, -0.2) is 0 Å².